The molecule has 3 amide bonds. The van der Waals surface area contributed by atoms with E-state index in [0.29, 0.717) is 0 Å². The van der Waals surface area contributed by atoms with Crippen LogP contribution in [0, 0.1) is 5.92 Å². The van der Waals surface area contributed by atoms with Crippen LogP contribution in [0.3, 0.4) is 0 Å². The van der Waals surface area contributed by atoms with Crippen molar-refractivity contribution in [3.05, 3.63) is 29.8 Å². The SMILES string of the molecule is CCOC(=O)[C@H]1CN(C(=O)NC2CCCC2)[C@]2(C)C(=O)N(C)c3ccccc3[C@H]12. The molecule has 1 aromatic rings. The van der Waals surface area contributed by atoms with Gasteiger partial charge in [0.2, 0.25) is 0 Å². The van der Waals surface area contributed by atoms with Crippen LogP contribution >= 0.6 is 0 Å². The number of likely N-dealkylation sites (N-methyl/N-ethyl adjacent to an activating group) is 1. The van der Waals surface area contributed by atoms with E-state index in [9.17, 15) is 14.4 Å². The molecule has 2 fully saturated rings. The van der Waals surface area contributed by atoms with Gasteiger partial charge in [0, 0.05) is 31.2 Å². The molecule has 2 heterocycles. The van der Waals surface area contributed by atoms with Gasteiger partial charge in [0.1, 0.15) is 5.54 Å². The molecule has 7 heteroatoms. The van der Waals surface area contributed by atoms with Crippen LogP contribution in [-0.4, -0.2) is 54.6 Å². The van der Waals surface area contributed by atoms with Gasteiger partial charge in [-0.1, -0.05) is 31.0 Å². The van der Waals surface area contributed by atoms with Crippen LogP contribution in [0.2, 0.25) is 0 Å². The standard InChI is InChI=1S/C22H29N3O4/c1-4-29-19(26)16-13-25(21(28)23-14-9-5-6-10-14)22(2)18(16)15-11-7-8-12-17(15)24(3)20(22)27/h7-8,11-12,14,16,18H,4-6,9-10,13H2,1-3H3,(H,23,28)/t16-,18+,22-/m0/s1. The van der Waals surface area contributed by atoms with E-state index >= 15 is 0 Å². The maximum Gasteiger partial charge on any atom is 0.318 e. The first-order valence-corrected chi connectivity index (χ1v) is 10.5. The molecule has 0 unspecified atom stereocenters. The quantitative estimate of drug-likeness (QED) is 0.793. The van der Waals surface area contributed by atoms with Crippen LogP contribution in [0.4, 0.5) is 10.5 Å². The predicted octanol–water partition coefficient (Wildman–Crippen LogP) is 2.65. The number of carbonyl (C=O) groups is 3. The second kappa shape index (κ2) is 7.35. The van der Waals surface area contributed by atoms with Crippen LogP contribution in [0.25, 0.3) is 0 Å². The highest BCUT2D eigenvalue weighted by Gasteiger charge is 2.63. The van der Waals surface area contributed by atoms with Crippen LogP contribution in [-0.2, 0) is 14.3 Å². The van der Waals surface area contributed by atoms with Crippen molar-refractivity contribution in [3.8, 4) is 0 Å². The van der Waals surface area contributed by atoms with E-state index < -0.39 is 17.4 Å². The van der Waals surface area contributed by atoms with Gasteiger partial charge in [-0.05, 0) is 38.3 Å². The van der Waals surface area contributed by atoms with Gasteiger partial charge in [-0.15, -0.1) is 0 Å². The molecule has 1 aromatic carbocycles. The maximum absolute atomic E-state index is 13.5. The van der Waals surface area contributed by atoms with Crippen molar-refractivity contribution in [2.45, 2.75) is 57.0 Å². The van der Waals surface area contributed by atoms with Gasteiger partial charge in [0.15, 0.2) is 0 Å². The van der Waals surface area contributed by atoms with E-state index in [4.69, 9.17) is 4.74 Å². The van der Waals surface area contributed by atoms with E-state index in [-0.39, 0.29) is 37.1 Å². The summed E-state index contributed by atoms with van der Waals surface area (Å²) in [4.78, 5) is 42.8. The number of para-hydroxylation sites is 1. The Balaban J connectivity index is 1.76. The van der Waals surface area contributed by atoms with Crippen molar-refractivity contribution in [3.63, 3.8) is 0 Å². The van der Waals surface area contributed by atoms with Crippen molar-refractivity contribution < 1.29 is 19.1 Å². The van der Waals surface area contributed by atoms with Crippen molar-refractivity contribution in [2.24, 2.45) is 5.92 Å². The van der Waals surface area contributed by atoms with Crippen LogP contribution < -0.4 is 10.2 Å². The van der Waals surface area contributed by atoms with E-state index in [2.05, 4.69) is 5.32 Å². The van der Waals surface area contributed by atoms with Crippen molar-refractivity contribution >= 4 is 23.6 Å². The molecule has 156 valence electrons. The normalized spacial score (nSPS) is 28.9. The third-order valence-electron chi connectivity index (χ3n) is 6.84. The second-order valence-corrected chi connectivity index (χ2v) is 8.45. The maximum atomic E-state index is 13.5. The minimum atomic E-state index is -1.14. The van der Waals surface area contributed by atoms with Gasteiger partial charge in [0.05, 0.1) is 12.5 Å². The van der Waals surface area contributed by atoms with Gasteiger partial charge in [-0.25, -0.2) is 4.79 Å². The Morgan fingerprint density at radius 2 is 1.93 bits per heavy atom. The van der Waals surface area contributed by atoms with Gasteiger partial charge in [-0.2, -0.15) is 0 Å². The number of fused-ring (bicyclic) bond motifs is 3. The highest BCUT2D eigenvalue weighted by Crippen LogP contribution is 2.52. The highest BCUT2D eigenvalue weighted by atomic mass is 16.5. The topological polar surface area (TPSA) is 79.0 Å². The lowest BCUT2D eigenvalue weighted by Gasteiger charge is -2.45. The summed E-state index contributed by atoms with van der Waals surface area (Å²) in [5, 5.41) is 3.09. The Kier molecular flexibility index (Phi) is 5.00. The molecule has 1 N–H and O–H groups in total. The summed E-state index contributed by atoms with van der Waals surface area (Å²) in [5.41, 5.74) is 0.557. The van der Waals surface area contributed by atoms with E-state index in [0.717, 1.165) is 36.9 Å². The average Bonchev–Trinajstić information content (AvgIpc) is 3.32. The lowest BCUT2D eigenvalue weighted by Crippen LogP contribution is -2.62. The fourth-order valence-electron chi connectivity index (χ4n) is 5.40. The number of carbonyl (C=O) groups excluding carboxylic acids is 3. The number of ether oxygens (including phenoxy) is 1. The summed E-state index contributed by atoms with van der Waals surface area (Å²) in [6, 6.07) is 7.49. The molecule has 0 spiro atoms. The predicted molar refractivity (Wildman–Crippen MR) is 109 cm³/mol. The third kappa shape index (κ3) is 2.98. The lowest BCUT2D eigenvalue weighted by molar-refractivity contribution is -0.148. The summed E-state index contributed by atoms with van der Waals surface area (Å²) in [5.74, 6) is -1.54. The molecule has 0 radical (unpaired) electrons. The molecule has 1 saturated carbocycles. The largest absolute Gasteiger partial charge is 0.466 e. The molecular formula is C22H29N3O4. The highest BCUT2D eigenvalue weighted by molar-refractivity contribution is 6.07. The summed E-state index contributed by atoms with van der Waals surface area (Å²) >= 11 is 0. The number of hydrogen-bond acceptors (Lipinski definition) is 4. The first kappa shape index (κ1) is 19.7. The fourth-order valence-corrected chi connectivity index (χ4v) is 5.40. The molecule has 7 nitrogen and oxygen atoms in total. The molecule has 3 aliphatic rings. The lowest BCUT2D eigenvalue weighted by atomic mass is 9.72. The number of nitrogens with one attached hydrogen (secondary N) is 1. The number of esters is 1. The Bertz CT molecular complexity index is 835. The number of benzene rings is 1. The zero-order chi connectivity index (χ0) is 20.8. The van der Waals surface area contributed by atoms with E-state index in [1.54, 1.807) is 30.7 Å². The summed E-state index contributed by atoms with van der Waals surface area (Å²) in [6.45, 7) is 4.00. The number of nitrogens with zero attached hydrogens (tertiary/aromatic N) is 2. The molecule has 0 bridgehead atoms. The van der Waals surface area contributed by atoms with Gasteiger partial charge in [0.25, 0.3) is 5.91 Å². The summed E-state index contributed by atoms with van der Waals surface area (Å²) in [7, 11) is 1.73. The summed E-state index contributed by atoms with van der Waals surface area (Å²) in [6.07, 6.45) is 4.12. The van der Waals surface area contributed by atoms with Crippen LogP contribution in [0.15, 0.2) is 24.3 Å². The first-order valence-electron chi connectivity index (χ1n) is 10.5. The van der Waals surface area contributed by atoms with Crippen molar-refractivity contribution in [1.82, 2.24) is 10.2 Å². The second-order valence-electron chi connectivity index (χ2n) is 8.45. The molecular weight excluding hydrogens is 370 g/mol. The zero-order valence-electron chi connectivity index (χ0n) is 17.3. The number of amides is 3. The molecule has 0 aromatic heterocycles. The van der Waals surface area contributed by atoms with Crippen molar-refractivity contribution in [1.29, 1.82) is 0 Å². The molecule has 2 aliphatic heterocycles. The number of urea groups is 1. The summed E-state index contributed by atoms with van der Waals surface area (Å²) < 4.78 is 5.34. The fraction of sp³-hybridized carbons (Fsp3) is 0.591. The molecule has 29 heavy (non-hydrogen) atoms. The van der Waals surface area contributed by atoms with Crippen LogP contribution in [0.1, 0.15) is 51.0 Å². The molecule has 1 aliphatic carbocycles. The van der Waals surface area contributed by atoms with Gasteiger partial charge < -0.3 is 19.9 Å². The molecule has 4 rings (SSSR count). The average molecular weight is 399 g/mol. The van der Waals surface area contributed by atoms with E-state index in [1.807, 2.05) is 24.3 Å². The zero-order valence-corrected chi connectivity index (χ0v) is 17.3. The number of anilines is 1. The van der Waals surface area contributed by atoms with E-state index in [1.165, 1.54) is 0 Å². The number of hydrogen-bond donors (Lipinski definition) is 1. The first-order chi connectivity index (χ1) is 13.9. The van der Waals surface area contributed by atoms with Gasteiger partial charge in [-0.3, -0.25) is 9.59 Å². The van der Waals surface area contributed by atoms with Crippen LogP contribution in [0.5, 0.6) is 0 Å². The monoisotopic (exact) mass is 399 g/mol. The molecule has 1 saturated heterocycles. The third-order valence-corrected chi connectivity index (χ3v) is 6.84. The Labute approximate surface area is 171 Å². The molecule has 3 atom stereocenters. The Morgan fingerprint density at radius 1 is 1.24 bits per heavy atom. The smallest absolute Gasteiger partial charge is 0.318 e. The van der Waals surface area contributed by atoms with Crippen molar-refractivity contribution in [2.75, 3.05) is 25.1 Å². The minimum Gasteiger partial charge on any atom is -0.466 e. The van der Waals surface area contributed by atoms with Gasteiger partial charge >= 0.3 is 12.0 Å². The minimum absolute atomic E-state index is 0.134. The Hall–Kier alpha value is -2.57. The Morgan fingerprint density at radius 3 is 2.62 bits per heavy atom. The number of likely N-dealkylation sites (tertiary alicyclic amines) is 1. The number of rotatable bonds is 3.